The van der Waals surface area contributed by atoms with E-state index in [2.05, 4.69) is 0 Å². The third kappa shape index (κ3) is 4.70. The van der Waals surface area contributed by atoms with Crippen molar-refractivity contribution in [2.45, 2.75) is 33.1 Å². The molecule has 18 heavy (non-hydrogen) atoms. The Labute approximate surface area is 108 Å². The monoisotopic (exact) mass is 248 g/mol. The van der Waals surface area contributed by atoms with Crippen LogP contribution in [-0.4, -0.2) is 16.9 Å². The first kappa shape index (κ1) is 14.4. The fourth-order valence-electron chi connectivity index (χ4n) is 1.88. The normalized spacial score (nSPS) is 12.4. The van der Waals surface area contributed by atoms with Gasteiger partial charge in [-0.3, -0.25) is 9.59 Å². The summed E-state index contributed by atoms with van der Waals surface area (Å²) in [5.74, 6) is -1.42. The predicted molar refractivity (Wildman–Crippen MR) is 70.4 cm³/mol. The summed E-state index contributed by atoms with van der Waals surface area (Å²) in [6.45, 7) is 3.67. The van der Waals surface area contributed by atoms with E-state index in [4.69, 9.17) is 5.11 Å². The SMILES string of the molecule is CC(C)[C@H](CC(=O)CCc1ccccc1)C(=O)O. The zero-order valence-electron chi connectivity index (χ0n) is 10.9. The number of Topliss-reactive ketones (excluding diaryl/α,β-unsaturated/α-hetero) is 1. The number of benzene rings is 1. The number of carboxylic acid groups (broad SMARTS) is 1. The zero-order valence-corrected chi connectivity index (χ0v) is 10.9. The minimum Gasteiger partial charge on any atom is -0.481 e. The second kappa shape index (κ2) is 6.94. The molecule has 3 heteroatoms. The molecule has 1 atom stereocenters. The highest BCUT2D eigenvalue weighted by atomic mass is 16.4. The van der Waals surface area contributed by atoms with Crippen molar-refractivity contribution < 1.29 is 14.7 Å². The Morgan fingerprint density at radius 3 is 2.28 bits per heavy atom. The minimum absolute atomic E-state index is 0.0109. The van der Waals surface area contributed by atoms with Crippen molar-refractivity contribution in [3.8, 4) is 0 Å². The molecule has 0 aliphatic carbocycles. The lowest BCUT2D eigenvalue weighted by Gasteiger charge is -2.15. The molecule has 1 aromatic carbocycles. The summed E-state index contributed by atoms with van der Waals surface area (Å²) >= 11 is 0. The first-order valence-electron chi connectivity index (χ1n) is 6.29. The van der Waals surface area contributed by atoms with Crippen molar-refractivity contribution in [1.82, 2.24) is 0 Å². The molecule has 0 aromatic heterocycles. The number of hydrogen-bond donors (Lipinski definition) is 1. The number of rotatable bonds is 7. The van der Waals surface area contributed by atoms with Crippen LogP contribution in [0.1, 0.15) is 32.3 Å². The van der Waals surface area contributed by atoms with Crippen molar-refractivity contribution in [1.29, 1.82) is 0 Å². The van der Waals surface area contributed by atoms with Crippen molar-refractivity contribution >= 4 is 11.8 Å². The molecule has 0 fully saturated rings. The standard InChI is InChI=1S/C15H20O3/c1-11(2)14(15(17)18)10-13(16)9-8-12-6-4-3-5-7-12/h3-7,11,14H,8-10H2,1-2H3,(H,17,18)/t14-/m0/s1. The number of carbonyl (C=O) groups excluding carboxylic acids is 1. The van der Waals surface area contributed by atoms with Gasteiger partial charge in [-0.25, -0.2) is 0 Å². The summed E-state index contributed by atoms with van der Waals surface area (Å²) in [6, 6.07) is 9.77. The molecule has 0 aliphatic rings. The molecule has 0 spiro atoms. The third-order valence-corrected chi connectivity index (χ3v) is 3.10. The van der Waals surface area contributed by atoms with Crippen LogP contribution in [0.3, 0.4) is 0 Å². The fourth-order valence-corrected chi connectivity index (χ4v) is 1.88. The Bertz CT molecular complexity index is 395. The molecule has 0 amide bonds. The van der Waals surface area contributed by atoms with E-state index in [1.54, 1.807) is 0 Å². The average Bonchev–Trinajstić information content (AvgIpc) is 2.34. The topological polar surface area (TPSA) is 54.4 Å². The Morgan fingerprint density at radius 2 is 1.78 bits per heavy atom. The number of carbonyl (C=O) groups is 2. The largest absolute Gasteiger partial charge is 0.481 e. The summed E-state index contributed by atoms with van der Waals surface area (Å²) in [6.07, 6.45) is 1.24. The molecule has 0 saturated heterocycles. The van der Waals surface area contributed by atoms with Gasteiger partial charge < -0.3 is 5.11 Å². The summed E-state index contributed by atoms with van der Waals surface area (Å²) in [5, 5.41) is 9.03. The van der Waals surface area contributed by atoms with E-state index in [1.807, 2.05) is 44.2 Å². The molecule has 0 aliphatic heterocycles. The maximum atomic E-state index is 11.8. The highest BCUT2D eigenvalue weighted by Crippen LogP contribution is 2.17. The first-order chi connectivity index (χ1) is 8.50. The molecule has 0 bridgehead atoms. The number of aliphatic carboxylic acids is 1. The molecule has 1 N–H and O–H groups in total. The number of carboxylic acids is 1. The predicted octanol–water partition coefficient (Wildman–Crippen LogP) is 2.94. The molecule has 1 rings (SSSR count). The van der Waals surface area contributed by atoms with E-state index < -0.39 is 11.9 Å². The maximum Gasteiger partial charge on any atom is 0.307 e. The average molecular weight is 248 g/mol. The zero-order chi connectivity index (χ0) is 13.5. The van der Waals surface area contributed by atoms with Gasteiger partial charge in [0.25, 0.3) is 0 Å². The molecule has 0 saturated carbocycles. The maximum absolute atomic E-state index is 11.8. The van der Waals surface area contributed by atoms with Gasteiger partial charge in [0.2, 0.25) is 0 Å². The second-order valence-electron chi connectivity index (χ2n) is 4.92. The Hall–Kier alpha value is -1.64. The van der Waals surface area contributed by atoms with Crippen LogP contribution in [0.4, 0.5) is 0 Å². The molecule has 1 aromatic rings. The second-order valence-corrected chi connectivity index (χ2v) is 4.92. The van der Waals surface area contributed by atoms with Gasteiger partial charge >= 0.3 is 5.97 Å². The smallest absolute Gasteiger partial charge is 0.307 e. The van der Waals surface area contributed by atoms with E-state index >= 15 is 0 Å². The number of hydrogen-bond acceptors (Lipinski definition) is 2. The molecule has 0 radical (unpaired) electrons. The summed E-state index contributed by atoms with van der Waals surface area (Å²) in [7, 11) is 0. The van der Waals surface area contributed by atoms with Crippen LogP contribution in [0.15, 0.2) is 30.3 Å². The highest BCUT2D eigenvalue weighted by Gasteiger charge is 2.24. The van der Waals surface area contributed by atoms with Crippen LogP contribution in [0.5, 0.6) is 0 Å². The van der Waals surface area contributed by atoms with Crippen LogP contribution in [0, 0.1) is 11.8 Å². The summed E-state index contributed by atoms with van der Waals surface area (Å²) < 4.78 is 0. The Balaban J connectivity index is 2.44. The minimum atomic E-state index is -0.877. The van der Waals surface area contributed by atoms with Crippen molar-refractivity contribution in [3.63, 3.8) is 0 Å². The van der Waals surface area contributed by atoms with Crippen molar-refractivity contribution in [2.24, 2.45) is 11.8 Å². The van der Waals surface area contributed by atoms with E-state index in [0.29, 0.717) is 12.8 Å². The van der Waals surface area contributed by atoms with E-state index in [9.17, 15) is 9.59 Å². The molecular weight excluding hydrogens is 228 g/mol. The van der Waals surface area contributed by atoms with Crippen molar-refractivity contribution in [3.05, 3.63) is 35.9 Å². The summed E-state index contributed by atoms with van der Waals surface area (Å²) in [4.78, 5) is 22.8. The lowest BCUT2D eigenvalue weighted by Crippen LogP contribution is -2.23. The molecule has 98 valence electrons. The van der Waals surface area contributed by atoms with Gasteiger partial charge in [0, 0.05) is 12.8 Å². The van der Waals surface area contributed by atoms with E-state index in [0.717, 1.165) is 5.56 Å². The molecule has 0 unspecified atom stereocenters. The quantitative estimate of drug-likeness (QED) is 0.807. The van der Waals surface area contributed by atoms with E-state index in [1.165, 1.54) is 0 Å². The highest BCUT2D eigenvalue weighted by molar-refractivity contribution is 5.84. The van der Waals surface area contributed by atoms with Gasteiger partial charge in [-0.15, -0.1) is 0 Å². The van der Waals surface area contributed by atoms with E-state index in [-0.39, 0.29) is 18.1 Å². The molecule has 0 heterocycles. The van der Waals surface area contributed by atoms with Crippen LogP contribution >= 0.6 is 0 Å². The van der Waals surface area contributed by atoms with Crippen LogP contribution < -0.4 is 0 Å². The third-order valence-electron chi connectivity index (χ3n) is 3.10. The fraction of sp³-hybridized carbons (Fsp3) is 0.467. The van der Waals surface area contributed by atoms with Gasteiger partial charge in [0.05, 0.1) is 5.92 Å². The molecular formula is C15H20O3. The first-order valence-corrected chi connectivity index (χ1v) is 6.29. The lowest BCUT2D eigenvalue weighted by atomic mass is 9.89. The summed E-state index contributed by atoms with van der Waals surface area (Å²) in [5.41, 5.74) is 1.11. The van der Waals surface area contributed by atoms with Gasteiger partial charge in [0.1, 0.15) is 5.78 Å². The van der Waals surface area contributed by atoms with Crippen LogP contribution in [-0.2, 0) is 16.0 Å². The Kier molecular flexibility index (Phi) is 5.56. The molecule has 3 nitrogen and oxygen atoms in total. The van der Waals surface area contributed by atoms with Crippen LogP contribution in [0.2, 0.25) is 0 Å². The van der Waals surface area contributed by atoms with Gasteiger partial charge in [-0.1, -0.05) is 44.2 Å². The van der Waals surface area contributed by atoms with Gasteiger partial charge in [-0.2, -0.15) is 0 Å². The van der Waals surface area contributed by atoms with Crippen molar-refractivity contribution in [2.75, 3.05) is 0 Å². The lowest BCUT2D eigenvalue weighted by molar-refractivity contribution is -0.145. The number of ketones is 1. The van der Waals surface area contributed by atoms with Crippen LogP contribution in [0.25, 0.3) is 0 Å². The van der Waals surface area contributed by atoms with Gasteiger partial charge in [0.15, 0.2) is 0 Å². The van der Waals surface area contributed by atoms with Gasteiger partial charge in [-0.05, 0) is 17.9 Å². The number of aryl methyl sites for hydroxylation is 1. The Morgan fingerprint density at radius 1 is 1.17 bits per heavy atom.